The predicted octanol–water partition coefficient (Wildman–Crippen LogP) is 3.29. The topological polar surface area (TPSA) is 72.7 Å². The van der Waals surface area contributed by atoms with E-state index >= 15 is 0 Å². The van der Waals surface area contributed by atoms with Crippen molar-refractivity contribution in [2.45, 2.75) is 39.8 Å². The van der Waals surface area contributed by atoms with E-state index in [1.165, 1.54) is 5.56 Å². The highest BCUT2D eigenvalue weighted by molar-refractivity contribution is 14.0. The number of nitrogens with zero attached hydrogens (tertiary/aromatic N) is 3. The second-order valence-corrected chi connectivity index (χ2v) is 6.68. The molecule has 0 amide bonds. The minimum atomic E-state index is 0. The smallest absolute Gasteiger partial charge is 0.191 e. The van der Waals surface area contributed by atoms with Gasteiger partial charge in [0, 0.05) is 51.7 Å². The molecule has 2 rings (SSSR count). The van der Waals surface area contributed by atoms with Crippen molar-refractivity contribution in [3.8, 4) is 5.75 Å². The first kappa shape index (κ1) is 25.2. The molecule has 0 aliphatic heterocycles. The number of aryl methyl sites for hydroxylation is 3. The molecular weight excluding hydrogens is 481 g/mol. The number of benzene rings is 1. The standard InChI is InChI=1S/C21H33N5O2.HI/c1-17-7-8-19(20(15-17)28-14-13-27-4)16-25-21(22-3)24-9-5-6-11-26-12-10-23-18(26)2;/h7-8,10,12,15H,5-6,9,11,13-14,16H2,1-4H3,(H2,22,24,25);1H. The van der Waals surface area contributed by atoms with Gasteiger partial charge >= 0.3 is 0 Å². The van der Waals surface area contributed by atoms with E-state index in [1.54, 1.807) is 14.2 Å². The van der Waals surface area contributed by atoms with Gasteiger partial charge in [0.1, 0.15) is 18.2 Å². The van der Waals surface area contributed by atoms with Gasteiger partial charge in [-0.05, 0) is 38.3 Å². The van der Waals surface area contributed by atoms with Crippen LogP contribution in [0.4, 0.5) is 0 Å². The fourth-order valence-corrected chi connectivity index (χ4v) is 2.83. The van der Waals surface area contributed by atoms with Gasteiger partial charge < -0.3 is 24.7 Å². The average molecular weight is 515 g/mol. The molecule has 162 valence electrons. The minimum Gasteiger partial charge on any atom is -0.491 e. The number of guanidine groups is 1. The van der Waals surface area contributed by atoms with Crippen molar-refractivity contribution in [3.63, 3.8) is 0 Å². The minimum absolute atomic E-state index is 0. The van der Waals surface area contributed by atoms with Crippen LogP contribution in [0.25, 0.3) is 0 Å². The fraction of sp³-hybridized carbons (Fsp3) is 0.524. The Labute approximate surface area is 191 Å². The zero-order valence-corrected chi connectivity index (χ0v) is 20.2. The van der Waals surface area contributed by atoms with Crippen LogP contribution in [-0.2, 0) is 17.8 Å². The van der Waals surface area contributed by atoms with Gasteiger partial charge in [-0.25, -0.2) is 4.98 Å². The number of aromatic nitrogens is 2. The lowest BCUT2D eigenvalue weighted by atomic mass is 10.1. The maximum absolute atomic E-state index is 5.85. The average Bonchev–Trinajstić information content (AvgIpc) is 3.10. The van der Waals surface area contributed by atoms with Crippen LogP contribution < -0.4 is 15.4 Å². The molecule has 0 unspecified atom stereocenters. The molecule has 0 saturated heterocycles. The third-order valence-electron chi connectivity index (χ3n) is 4.48. The highest BCUT2D eigenvalue weighted by Crippen LogP contribution is 2.20. The van der Waals surface area contributed by atoms with Crippen molar-refractivity contribution in [2.24, 2.45) is 4.99 Å². The van der Waals surface area contributed by atoms with Gasteiger partial charge in [0.05, 0.1) is 6.61 Å². The number of methoxy groups -OCH3 is 1. The van der Waals surface area contributed by atoms with E-state index in [0.717, 1.165) is 49.0 Å². The Kier molecular flexibility index (Phi) is 12.4. The Morgan fingerprint density at radius 1 is 1.17 bits per heavy atom. The lowest BCUT2D eigenvalue weighted by molar-refractivity contribution is 0.145. The van der Waals surface area contributed by atoms with E-state index < -0.39 is 0 Å². The van der Waals surface area contributed by atoms with E-state index in [2.05, 4.69) is 50.3 Å². The molecule has 1 aromatic heterocycles. The number of rotatable bonds is 11. The van der Waals surface area contributed by atoms with Crippen molar-refractivity contribution < 1.29 is 9.47 Å². The Morgan fingerprint density at radius 3 is 2.69 bits per heavy atom. The maximum atomic E-state index is 5.85. The van der Waals surface area contributed by atoms with E-state index in [4.69, 9.17) is 9.47 Å². The van der Waals surface area contributed by atoms with Gasteiger partial charge in [-0.3, -0.25) is 4.99 Å². The Morgan fingerprint density at radius 2 is 2.00 bits per heavy atom. The summed E-state index contributed by atoms with van der Waals surface area (Å²) in [4.78, 5) is 8.55. The van der Waals surface area contributed by atoms with Crippen molar-refractivity contribution in [1.82, 2.24) is 20.2 Å². The molecule has 29 heavy (non-hydrogen) atoms. The van der Waals surface area contributed by atoms with Gasteiger partial charge in [-0.15, -0.1) is 24.0 Å². The monoisotopic (exact) mass is 515 g/mol. The lowest BCUT2D eigenvalue weighted by Gasteiger charge is -2.15. The highest BCUT2D eigenvalue weighted by atomic mass is 127. The molecule has 0 bridgehead atoms. The summed E-state index contributed by atoms with van der Waals surface area (Å²) in [5.41, 5.74) is 2.27. The molecule has 2 aromatic rings. The number of aliphatic imine (C=N–C) groups is 1. The van der Waals surface area contributed by atoms with Gasteiger partial charge in [0.2, 0.25) is 0 Å². The van der Waals surface area contributed by atoms with Crippen LogP contribution in [0.3, 0.4) is 0 Å². The number of hydrogen-bond donors (Lipinski definition) is 2. The predicted molar refractivity (Wildman–Crippen MR) is 128 cm³/mol. The Bertz CT molecular complexity index is 748. The largest absolute Gasteiger partial charge is 0.491 e. The molecule has 0 saturated carbocycles. The molecule has 7 nitrogen and oxygen atoms in total. The summed E-state index contributed by atoms with van der Waals surface area (Å²) in [6.45, 7) is 7.72. The summed E-state index contributed by atoms with van der Waals surface area (Å²) >= 11 is 0. The van der Waals surface area contributed by atoms with E-state index in [1.807, 2.05) is 19.3 Å². The third-order valence-corrected chi connectivity index (χ3v) is 4.48. The molecule has 2 N–H and O–H groups in total. The van der Waals surface area contributed by atoms with Gasteiger partial charge in [0.25, 0.3) is 0 Å². The van der Waals surface area contributed by atoms with Gasteiger partial charge in [0.15, 0.2) is 5.96 Å². The van der Waals surface area contributed by atoms with Crippen LogP contribution in [0.2, 0.25) is 0 Å². The normalized spacial score (nSPS) is 11.1. The molecule has 0 fully saturated rings. The first-order valence-corrected chi connectivity index (χ1v) is 9.77. The highest BCUT2D eigenvalue weighted by Gasteiger charge is 2.06. The number of halogens is 1. The van der Waals surface area contributed by atoms with Crippen molar-refractivity contribution in [1.29, 1.82) is 0 Å². The summed E-state index contributed by atoms with van der Waals surface area (Å²) in [6, 6.07) is 6.24. The number of nitrogens with one attached hydrogen (secondary N) is 2. The quantitative estimate of drug-likeness (QED) is 0.208. The number of unbranched alkanes of at least 4 members (excludes halogenated alkanes) is 1. The SMILES string of the molecule is CN=C(NCCCCn1ccnc1C)NCc1ccc(C)cc1OCCOC.I. The summed E-state index contributed by atoms with van der Waals surface area (Å²) in [7, 11) is 3.46. The number of imidazole rings is 1. The summed E-state index contributed by atoms with van der Waals surface area (Å²) < 4.78 is 13.1. The fourth-order valence-electron chi connectivity index (χ4n) is 2.83. The van der Waals surface area contributed by atoms with E-state index in [0.29, 0.717) is 19.8 Å². The van der Waals surface area contributed by atoms with Crippen LogP contribution in [0.5, 0.6) is 5.75 Å². The second kappa shape index (κ2) is 14.2. The first-order chi connectivity index (χ1) is 13.6. The molecule has 1 heterocycles. The molecule has 0 aliphatic rings. The number of ether oxygens (including phenoxy) is 2. The molecule has 0 atom stereocenters. The zero-order chi connectivity index (χ0) is 20.2. The van der Waals surface area contributed by atoms with Crippen molar-refractivity contribution in [3.05, 3.63) is 47.5 Å². The lowest BCUT2D eigenvalue weighted by Crippen LogP contribution is -2.37. The van der Waals surface area contributed by atoms with Crippen LogP contribution in [-0.4, -0.2) is 49.4 Å². The van der Waals surface area contributed by atoms with Crippen molar-refractivity contribution in [2.75, 3.05) is 33.9 Å². The van der Waals surface area contributed by atoms with Gasteiger partial charge in [-0.1, -0.05) is 12.1 Å². The van der Waals surface area contributed by atoms with Gasteiger partial charge in [-0.2, -0.15) is 0 Å². The summed E-state index contributed by atoms with van der Waals surface area (Å²) in [6.07, 6.45) is 6.03. The number of hydrogen-bond acceptors (Lipinski definition) is 4. The van der Waals surface area contributed by atoms with Crippen LogP contribution in [0.1, 0.15) is 29.8 Å². The molecular formula is C21H34IN5O2. The maximum Gasteiger partial charge on any atom is 0.191 e. The van der Waals surface area contributed by atoms with E-state index in [-0.39, 0.29) is 24.0 Å². The molecule has 0 spiro atoms. The van der Waals surface area contributed by atoms with E-state index in [9.17, 15) is 0 Å². The molecule has 0 radical (unpaired) electrons. The van der Waals surface area contributed by atoms with Crippen LogP contribution in [0, 0.1) is 13.8 Å². The molecule has 1 aromatic carbocycles. The van der Waals surface area contributed by atoms with Crippen LogP contribution in [0.15, 0.2) is 35.6 Å². The van der Waals surface area contributed by atoms with Crippen molar-refractivity contribution >= 4 is 29.9 Å². The molecule has 8 heteroatoms. The zero-order valence-electron chi connectivity index (χ0n) is 17.9. The second-order valence-electron chi connectivity index (χ2n) is 6.68. The Balaban J connectivity index is 0.00000420. The molecule has 0 aliphatic carbocycles. The third kappa shape index (κ3) is 9.03. The Hall–Kier alpha value is -1.81. The summed E-state index contributed by atoms with van der Waals surface area (Å²) in [5.74, 6) is 2.74. The van der Waals surface area contributed by atoms with Crippen LogP contribution >= 0.6 is 24.0 Å². The summed E-state index contributed by atoms with van der Waals surface area (Å²) in [5, 5.41) is 6.73. The first-order valence-electron chi connectivity index (χ1n) is 9.77.